The molecule has 1 fully saturated rings. The number of aromatic nitrogens is 1. The van der Waals surface area contributed by atoms with Crippen LogP contribution in [-0.4, -0.2) is 40.6 Å². The Bertz CT molecular complexity index is 1310. The van der Waals surface area contributed by atoms with Crippen molar-refractivity contribution in [3.63, 3.8) is 0 Å². The molecular weight excluding hydrogens is 453 g/mol. The molecule has 0 spiro atoms. The lowest BCUT2D eigenvalue weighted by Crippen LogP contribution is -2.55. The summed E-state index contributed by atoms with van der Waals surface area (Å²) in [6, 6.07) is 10.2. The molecule has 2 aromatic carbocycles. The smallest absolute Gasteiger partial charge is 0.255 e. The first-order chi connectivity index (χ1) is 16.8. The summed E-state index contributed by atoms with van der Waals surface area (Å²) in [5.41, 5.74) is 2.45. The number of pyridine rings is 1. The first-order valence-electron chi connectivity index (χ1n) is 11.6. The van der Waals surface area contributed by atoms with Gasteiger partial charge in [0.05, 0.1) is 22.8 Å². The fourth-order valence-corrected chi connectivity index (χ4v) is 4.92. The normalized spacial score (nSPS) is 19.7. The minimum Gasteiger partial charge on any atom is -0.387 e. The Kier molecular flexibility index (Phi) is 6.91. The van der Waals surface area contributed by atoms with E-state index in [-0.39, 0.29) is 23.2 Å². The van der Waals surface area contributed by atoms with Gasteiger partial charge in [0.25, 0.3) is 5.91 Å². The van der Waals surface area contributed by atoms with E-state index in [9.17, 15) is 18.0 Å². The van der Waals surface area contributed by atoms with Crippen LogP contribution in [0.25, 0.3) is 16.6 Å². The molecule has 182 valence electrons. The van der Waals surface area contributed by atoms with Gasteiger partial charge in [-0.2, -0.15) is 0 Å². The molecule has 3 aromatic rings. The van der Waals surface area contributed by atoms with Gasteiger partial charge in [0.1, 0.15) is 0 Å². The maximum absolute atomic E-state index is 14.0. The molecule has 2 N–H and O–H groups in total. The maximum Gasteiger partial charge on any atom is 0.255 e. The monoisotopic (exact) mass is 480 g/mol. The van der Waals surface area contributed by atoms with Crippen molar-refractivity contribution in [2.24, 2.45) is 0 Å². The van der Waals surface area contributed by atoms with Crippen molar-refractivity contribution in [3.8, 4) is 0 Å². The molecule has 2 atom stereocenters. The molecule has 0 bridgehead atoms. The second-order valence-electron chi connectivity index (χ2n) is 8.55. The minimum absolute atomic E-state index is 0.119. The van der Waals surface area contributed by atoms with Crippen molar-refractivity contribution >= 4 is 28.2 Å². The van der Waals surface area contributed by atoms with Crippen molar-refractivity contribution in [2.45, 2.75) is 45.2 Å². The molecule has 4 rings (SSSR count). The third-order valence-corrected chi connectivity index (χ3v) is 6.62. The quantitative estimate of drug-likeness (QED) is 0.460. The molecule has 0 unspecified atom stereocenters. The van der Waals surface area contributed by atoms with E-state index in [1.54, 1.807) is 24.2 Å². The van der Waals surface area contributed by atoms with Crippen LogP contribution in [-0.2, 0) is 0 Å². The summed E-state index contributed by atoms with van der Waals surface area (Å²) in [5, 5.41) is 12.7. The number of halogens is 3. The average Bonchev–Trinajstić information content (AvgIpc) is 2.87. The Hall–Kier alpha value is -3.68. The highest BCUT2D eigenvalue weighted by atomic mass is 19.2. The summed E-state index contributed by atoms with van der Waals surface area (Å²) in [6.45, 7) is 3.86. The van der Waals surface area contributed by atoms with E-state index in [1.807, 2.05) is 38.1 Å². The maximum atomic E-state index is 14.0. The van der Waals surface area contributed by atoms with Crippen LogP contribution < -0.4 is 5.32 Å². The standard InChI is InChI=1S/C27H27F3N4O/c1-4-16-14-19(26(32-3)15-12-20(28)24(30)21(29)13-15)25(31)23(5-2)34(16)27(35)18-10-11-33-22-9-7-6-8-17(18)22/h6-13,16,23,31-32H,4-5,14H2,1-3H3/b26-19-,31-25?/t16-,23+/m0/s1. The average molecular weight is 481 g/mol. The summed E-state index contributed by atoms with van der Waals surface area (Å²) in [4.78, 5) is 20.0. The van der Waals surface area contributed by atoms with Gasteiger partial charge in [-0.3, -0.25) is 9.78 Å². The predicted octanol–water partition coefficient (Wildman–Crippen LogP) is 5.71. The molecule has 2 heterocycles. The van der Waals surface area contributed by atoms with Crippen LogP contribution in [0.5, 0.6) is 0 Å². The third kappa shape index (κ3) is 4.29. The molecule has 0 saturated carbocycles. The number of fused-ring (bicyclic) bond motifs is 1. The first-order valence-corrected chi connectivity index (χ1v) is 11.6. The second kappa shape index (κ2) is 9.90. The highest BCUT2D eigenvalue weighted by Crippen LogP contribution is 2.35. The Balaban J connectivity index is 1.81. The number of para-hydroxylation sites is 1. The van der Waals surface area contributed by atoms with Gasteiger partial charge in [0, 0.05) is 41.5 Å². The van der Waals surface area contributed by atoms with E-state index >= 15 is 0 Å². The highest BCUT2D eigenvalue weighted by molar-refractivity contribution is 6.13. The van der Waals surface area contributed by atoms with Gasteiger partial charge >= 0.3 is 0 Å². The molecule has 8 heteroatoms. The van der Waals surface area contributed by atoms with Crippen LogP contribution >= 0.6 is 0 Å². The number of benzene rings is 2. The number of carbonyl (C=O) groups excluding carboxylic acids is 1. The van der Waals surface area contributed by atoms with Gasteiger partial charge in [0.15, 0.2) is 17.5 Å². The lowest BCUT2D eigenvalue weighted by molar-refractivity contribution is 0.0609. The van der Waals surface area contributed by atoms with Gasteiger partial charge in [-0.15, -0.1) is 0 Å². The number of piperidine rings is 1. The Morgan fingerprint density at radius 2 is 1.80 bits per heavy atom. The number of amides is 1. The van der Waals surface area contributed by atoms with Crippen LogP contribution in [0.3, 0.4) is 0 Å². The zero-order chi connectivity index (χ0) is 25.3. The molecule has 0 aliphatic carbocycles. The largest absolute Gasteiger partial charge is 0.387 e. The molecule has 1 saturated heterocycles. The summed E-state index contributed by atoms with van der Waals surface area (Å²) >= 11 is 0. The van der Waals surface area contributed by atoms with E-state index in [0.29, 0.717) is 41.6 Å². The number of hydrogen-bond acceptors (Lipinski definition) is 4. The summed E-state index contributed by atoms with van der Waals surface area (Å²) in [6.07, 6.45) is 3.02. The topological polar surface area (TPSA) is 69.1 Å². The van der Waals surface area contributed by atoms with Crippen LogP contribution in [0.2, 0.25) is 0 Å². The van der Waals surface area contributed by atoms with E-state index in [4.69, 9.17) is 5.41 Å². The van der Waals surface area contributed by atoms with Crippen LogP contribution in [0.15, 0.2) is 54.2 Å². The predicted molar refractivity (Wildman–Crippen MR) is 131 cm³/mol. The molecule has 0 radical (unpaired) electrons. The number of nitrogens with one attached hydrogen (secondary N) is 2. The van der Waals surface area contributed by atoms with Gasteiger partial charge in [-0.1, -0.05) is 32.0 Å². The first kappa shape index (κ1) is 24.4. The van der Waals surface area contributed by atoms with Crippen LogP contribution in [0.4, 0.5) is 13.2 Å². The van der Waals surface area contributed by atoms with Gasteiger partial charge in [-0.05, 0) is 43.5 Å². The summed E-state index contributed by atoms with van der Waals surface area (Å²) in [5.74, 6) is -4.31. The lowest BCUT2D eigenvalue weighted by atomic mass is 9.83. The van der Waals surface area contributed by atoms with Crippen LogP contribution in [0.1, 0.15) is 49.0 Å². The fourth-order valence-electron chi connectivity index (χ4n) is 4.92. The zero-order valence-electron chi connectivity index (χ0n) is 19.8. The van der Waals surface area contributed by atoms with Crippen molar-refractivity contribution in [3.05, 3.63) is 82.8 Å². The van der Waals surface area contributed by atoms with E-state index in [0.717, 1.165) is 17.5 Å². The molecule has 35 heavy (non-hydrogen) atoms. The molecule has 1 aromatic heterocycles. The number of hydrogen-bond donors (Lipinski definition) is 2. The van der Waals surface area contributed by atoms with Gasteiger partial charge in [-0.25, -0.2) is 13.2 Å². The number of likely N-dealkylation sites (tertiary alicyclic amines) is 1. The van der Waals surface area contributed by atoms with Gasteiger partial charge in [0.2, 0.25) is 0 Å². The van der Waals surface area contributed by atoms with Crippen molar-refractivity contribution < 1.29 is 18.0 Å². The minimum atomic E-state index is -1.54. The summed E-state index contributed by atoms with van der Waals surface area (Å²) in [7, 11) is 1.59. The van der Waals surface area contributed by atoms with Crippen molar-refractivity contribution in [1.29, 1.82) is 5.41 Å². The SMILES string of the molecule is CC[C@H]1C/C(=C(/NC)c2cc(F)c(F)c(F)c2)C(=N)[C@@H](CC)N1C(=O)c1ccnc2ccccc12. The lowest BCUT2D eigenvalue weighted by Gasteiger charge is -2.44. The molecular formula is C27H27F3N4O. The Morgan fingerprint density at radius 1 is 1.11 bits per heavy atom. The molecule has 1 amide bonds. The molecule has 1 aliphatic rings. The molecule has 1 aliphatic heterocycles. The van der Waals surface area contributed by atoms with E-state index in [1.165, 1.54) is 0 Å². The Morgan fingerprint density at radius 3 is 2.43 bits per heavy atom. The third-order valence-electron chi connectivity index (χ3n) is 6.62. The number of carbonyl (C=O) groups is 1. The molecule has 5 nitrogen and oxygen atoms in total. The fraction of sp³-hybridized carbons (Fsp3) is 0.296. The van der Waals surface area contributed by atoms with E-state index in [2.05, 4.69) is 10.3 Å². The highest BCUT2D eigenvalue weighted by Gasteiger charge is 2.40. The van der Waals surface area contributed by atoms with Crippen molar-refractivity contribution in [2.75, 3.05) is 7.05 Å². The second-order valence-corrected chi connectivity index (χ2v) is 8.55. The Labute approximate surface area is 202 Å². The summed E-state index contributed by atoms with van der Waals surface area (Å²) < 4.78 is 41.6. The number of nitrogens with zero attached hydrogens (tertiary/aromatic N) is 2. The van der Waals surface area contributed by atoms with Gasteiger partial charge < -0.3 is 15.6 Å². The van der Waals surface area contributed by atoms with E-state index < -0.39 is 23.5 Å². The number of rotatable bonds is 5. The van der Waals surface area contributed by atoms with Crippen LogP contribution in [0, 0.1) is 22.9 Å². The zero-order valence-corrected chi connectivity index (χ0v) is 19.8. The van der Waals surface area contributed by atoms with Crippen molar-refractivity contribution in [1.82, 2.24) is 15.2 Å².